The van der Waals surface area contributed by atoms with Crippen molar-refractivity contribution in [3.63, 3.8) is 0 Å². The number of anilines is 1. The maximum atomic E-state index is 11.9. The molecule has 0 saturated carbocycles. The number of aromatic nitrogens is 2. The van der Waals surface area contributed by atoms with Gasteiger partial charge in [0.15, 0.2) is 5.69 Å². The molecule has 1 amide bonds. The van der Waals surface area contributed by atoms with Crippen LogP contribution >= 0.6 is 11.6 Å². The monoisotopic (exact) mass is 263 g/mol. The Balaban J connectivity index is 2.12. The standard InChI is InChI=1S/C13H14ClN3O/c1-8(2)11-7-12(17-16-11)13(18)15-10-5-3-4-9(14)6-10/h3-8H,1-2H3,(H,15,18)(H,16,17). The van der Waals surface area contributed by atoms with Crippen molar-refractivity contribution < 1.29 is 4.79 Å². The van der Waals surface area contributed by atoms with Crippen molar-refractivity contribution in [3.05, 3.63) is 46.7 Å². The third-order valence-electron chi connectivity index (χ3n) is 2.53. The Morgan fingerprint density at radius 2 is 2.17 bits per heavy atom. The first-order chi connectivity index (χ1) is 8.56. The Kier molecular flexibility index (Phi) is 3.67. The lowest BCUT2D eigenvalue weighted by Crippen LogP contribution is -2.12. The molecule has 1 aromatic carbocycles. The SMILES string of the molecule is CC(C)c1cc(C(=O)Nc2cccc(Cl)c2)n[nH]1. The summed E-state index contributed by atoms with van der Waals surface area (Å²) in [6, 6.07) is 8.75. The fraction of sp³-hybridized carbons (Fsp3) is 0.231. The van der Waals surface area contributed by atoms with Crippen LogP contribution in [0.4, 0.5) is 5.69 Å². The predicted molar refractivity (Wildman–Crippen MR) is 72.1 cm³/mol. The first-order valence-electron chi connectivity index (χ1n) is 5.68. The van der Waals surface area contributed by atoms with Gasteiger partial charge < -0.3 is 5.32 Å². The van der Waals surface area contributed by atoms with E-state index >= 15 is 0 Å². The van der Waals surface area contributed by atoms with Crippen molar-refractivity contribution in [2.75, 3.05) is 5.32 Å². The number of carbonyl (C=O) groups excluding carboxylic acids is 1. The highest BCUT2D eigenvalue weighted by Gasteiger charge is 2.12. The van der Waals surface area contributed by atoms with Crippen molar-refractivity contribution in [1.29, 1.82) is 0 Å². The van der Waals surface area contributed by atoms with Crippen LogP contribution in [0.15, 0.2) is 30.3 Å². The number of benzene rings is 1. The van der Waals surface area contributed by atoms with E-state index < -0.39 is 0 Å². The van der Waals surface area contributed by atoms with E-state index in [1.807, 2.05) is 13.8 Å². The summed E-state index contributed by atoms with van der Waals surface area (Å²) < 4.78 is 0. The normalized spacial score (nSPS) is 10.7. The van der Waals surface area contributed by atoms with Crippen LogP contribution in [0.1, 0.15) is 35.9 Å². The van der Waals surface area contributed by atoms with Crippen LogP contribution in [-0.4, -0.2) is 16.1 Å². The highest BCUT2D eigenvalue weighted by molar-refractivity contribution is 6.30. The second kappa shape index (κ2) is 5.23. The van der Waals surface area contributed by atoms with E-state index in [0.29, 0.717) is 22.3 Å². The fourth-order valence-electron chi connectivity index (χ4n) is 1.51. The number of H-pyrrole nitrogens is 1. The number of amides is 1. The number of rotatable bonds is 3. The van der Waals surface area contributed by atoms with Gasteiger partial charge in [-0.1, -0.05) is 31.5 Å². The second-order valence-electron chi connectivity index (χ2n) is 4.33. The lowest BCUT2D eigenvalue weighted by Gasteiger charge is -2.02. The number of halogens is 1. The minimum absolute atomic E-state index is 0.250. The molecule has 0 unspecified atom stereocenters. The molecule has 94 valence electrons. The minimum atomic E-state index is -0.250. The van der Waals surface area contributed by atoms with E-state index in [1.165, 1.54) is 0 Å². The number of hydrogen-bond acceptors (Lipinski definition) is 2. The molecule has 4 nitrogen and oxygen atoms in total. The maximum absolute atomic E-state index is 11.9. The first kappa shape index (κ1) is 12.6. The molecule has 0 saturated heterocycles. The number of nitrogens with one attached hydrogen (secondary N) is 2. The van der Waals surface area contributed by atoms with Gasteiger partial charge in [0.05, 0.1) is 0 Å². The minimum Gasteiger partial charge on any atom is -0.321 e. The summed E-state index contributed by atoms with van der Waals surface area (Å²) in [7, 11) is 0. The molecule has 0 atom stereocenters. The van der Waals surface area contributed by atoms with Gasteiger partial charge in [-0.2, -0.15) is 5.10 Å². The second-order valence-corrected chi connectivity index (χ2v) is 4.76. The topological polar surface area (TPSA) is 57.8 Å². The molecule has 2 N–H and O–H groups in total. The van der Waals surface area contributed by atoms with E-state index in [9.17, 15) is 4.79 Å². The Labute approximate surface area is 110 Å². The van der Waals surface area contributed by atoms with E-state index in [2.05, 4.69) is 15.5 Å². The molecule has 2 aromatic rings. The molecule has 0 aliphatic carbocycles. The van der Waals surface area contributed by atoms with Gasteiger partial charge in [-0.05, 0) is 30.2 Å². The van der Waals surface area contributed by atoms with E-state index in [-0.39, 0.29) is 5.91 Å². The highest BCUT2D eigenvalue weighted by atomic mass is 35.5. The molecule has 18 heavy (non-hydrogen) atoms. The summed E-state index contributed by atoms with van der Waals surface area (Å²) in [5.41, 5.74) is 1.96. The van der Waals surface area contributed by atoms with Crippen molar-refractivity contribution in [1.82, 2.24) is 10.2 Å². The van der Waals surface area contributed by atoms with Gasteiger partial charge in [-0.25, -0.2) is 0 Å². The van der Waals surface area contributed by atoms with Crippen molar-refractivity contribution in [2.24, 2.45) is 0 Å². The van der Waals surface area contributed by atoms with E-state index in [0.717, 1.165) is 5.69 Å². The molecule has 0 aliphatic rings. The van der Waals surface area contributed by atoms with Crippen LogP contribution in [-0.2, 0) is 0 Å². The molecule has 1 aromatic heterocycles. The number of aromatic amines is 1. The van der Waals surface area contributed by atoms with Crippen LogP contribution < -0.4 is 5.32 Å². The third-order valence-corrected chi connectivity index (χ3v) is 2.77. The number of nitrogens with zero attached hydrogens (tertiary/aromatic N) is 1. The van der Waals surface area contributed by atoms with E-state index in [4.69, 9.17) is 11.6 Å². The average molecular weight is 264 g/mol. The molecule has 0 fully saturated rings. The first-order valence-corrected chi connectivity index (χ1v) is 6.06. The van der Waals surface area contributed by atoms with Crippen LogP contribution in [0.5, 0.6) is 0 Å². The zero-order valence-electron chi connectivity index (χ0n) is 10.2. The molecule has 1 heterocycles. The Morgan fingerprint density at radius 3 is 2.78 bits per heavy atom. The lowest BCUT2D eigenvalue weighted by molar-refractivity contribution is 0.102. The van der Waals surface area contributed by atoms with Crippen molar-refractivity contribution >= 4 is 23.2 Å². The summed E-state index contributed by atoms with van der Waals surface area (Å²) in [5.74, 6) is 0.0608. The molecule has 0 spiro atoms. The summed E-state index contributed by atoms with van der Waals surface area (Å²) in [6.07, 6.45) is 0. The summed E-state index contributed by atoms with van der Waals surface area (Å²) in [6.45, 7) is 4.07. The Morgan fingerprint density at radius 1 is 1.39 bits per heavy atom. The zero-order valence-corrected chi connectivity index (χ0v) is 11.0. The van der Waals surface area contributed by atoms with Crippen LogP contribution in [0.2, 0.25) is 5.02 Å². The zero-order chi connectivity index (χ0) is 13.1. The quantitative estimate of drug-likeness (QED) is 0.891. The highest BCUT2D eigenvalue weighted by Crippen LogP contribution is 2.16. The molecule has 0 bridgehead atoms. The Hall–Kier alpha value is -1.81. The lowest BCUT2D eigenvalue weighted by atomic mass is 10.1. The molecule has 0 aliphatic heterocycles. The van der Waals surface area contributed by atoms with Crippen molar-refractivity contribution in [2.45, 2.75) is 19.8 Å². The number of hydrogen-bond donors (Lipinski definition) is 2. The van der Waals surface area contributed by atoms with Gasteiger partial charge in [0.25, 0.3) is 5.91 Å². The van der Waals surface area contributed by atoms with E-state index in [1.54, 1.807) is 30.3 Å². The molecule has 2 rings (SSSR count). The van der Waals surface area contributed by atoms with Crippen LogP contribution in [0, 0.1) is 0 Å². The smallest absolute Gasteiger partial charge is 0.276 e. The predicted octanol–water partition coefficient (Wildman–Crippen LogP) is 3.44. The van der Waals surface area contributed by atoms with Crippen LogP contribution in [0.25, 0.3) is 0 Å². The van der Waals surface area contributed by atoms with Gasteiger partial charge in [0.1, 0.15) is 0 Å². The number of carbonyl (C=O) groups is 1. The van der Waals surface area contributed by atoms with Gasteiger partial charge in [0.2, 0.25) is 0 Å². The average Bonchev–Trinajstić information content (AvgIpc) is 2.78. The van der Waals surface area contributed by atoms with Gasteiger partial charge in [0, 0.05) is 16.4 Å². The maximum Gasteiger partial charge on any atom is 0.276 e. The molecule has 0 radical (unpaired) electrons. The van der Waals surface area contributed by atoms with Gasteiger partial charge in [-0.3, -0.25) is 9.89 Å². The molecule has 5 heteroatoms. The molecular weight excluding hydrogens is 250 g/mol. The summed E-state index contributed by atoms with van der Waals surface area (Å²) >= 11 is 5.85. The Bertz CT molecular complexity index is 563. The summed E-state index contributed by atoms with van der Waals surface area (Å²) in [5, 5.41) is 10.2. The largest absolute Gasteiger partial charge is 0.321 e. The fourth-order valence-corrected chi connectivity index (χ4v) is 1.70. The van der Waals surface area contributed by atoms with Gasteiger partial charge >= 0.3 is 0 Å². The third kappa shape index (κ3) is 2.90. The van der Waals surface area contributed by atoms with Crippen LogP contribution in [0.3, 0.4) is 0 Å². The molecular formula is C13H14ClN3O. The summed E-state index contributed by atoms with van der Waals surface area (Å²) in [4.78, 5) is 11.9. The van der Waals surface area contributed by atoms with Gasteiger partial charge in [-0.15, -0.1) is 0 Å². The van der Waals surface area contributed by atoms with Crippen molar-refractivity contribution in [3.8, 4) is 0 Å².